The SMILES string of the molecule is CCOCC(C)OC(=O)c1nc(C(C)C)ncc1Cl. The number of hydrogen-bond donors (Lipinski definition) is 0. The monoisotopic (exact) mass is 286 g/mol. The van der Waals surface area contributed by atoms with Crippen molar-refractivity contribution in [2.45, 2.75) is 39.7 Å². The minimum Gasteiger partial charge on any atom is -0.455 e. The van der Waals surface area contributed by atoms with Crippen molar-refractivity contribution in [3.05, 3.63) is 22.7 Å². The Balaban J connectivity index is 2.78. The van der Waals surface area contributed by atoms with Crippen LogP contribution in [0.3, 0.4) is 0 Å². The average molecular weight is 287 g/mol. The van der Waals surface area contributed by atoms with Crippen molar-refractivity contribution < 1.29 is 14.3 Å². The van der Waals surface area contributed by atoms with Gasteiger partial charge in [0, 0.05) is 12.5 Å². The molecule has 1 aromatic heterocycles. The molecular weight excluding hydrogens is 268 g/mol. The Morgan fingerprint density at radius 3 is 2.68 bits per heavy atom. The summed E-state index contributed by atoms with van der Waals surface area (Å²) in [7, 11) is 0. The molecule has 1 heterocycles. The number of esters is 1. The lowest BCUT2D eigenvalue weighted by Gasteiger charge is -2.13. The lowest BCUT2D eigenvalue weighted by atomic mass is 10.2. The molecule has 0 aliphatic rings. The van der Waals surface area contributed by atoms with Gasteiger partial charge in [0.1, 0.15) is 11.9 Å². The van der Waals surface area contributed by atoms with E-state index in [1.807, 2.05) is 20.8 Å². The van der Waals surface area contributed by atoms with E-state index in [0.29, 0.717) is 19.0 Å². The predicted molar refractivity (Wildman–Crippen MR) is 72.5 cm³/mol. The van der Waals surface area contributed by atoms with Crippen molar-refractivity contribution >= 4 is 17.6 Å². The van der Waals surface area contributed by atoms with E-state index in [9.17, 15) is 4.79 Å². The number of carbonyl (C=O) groups is 1. The lowest BCUT2D eigenvalue weighted by Crippen LogP contribution is -2.22. The third kappa shape index (κ3) is 4.76. The van der Waals surface area contributed by atoms with Crippen molar-refractivity contribution in [1.82, 2.24) is 9.97 Å². The van der Waals surface area contributed by atoms with Crippen LogP contribution >= 0.6 is 11.6 Å². The molecule has 1 unspecified atom stereocenters. The third-order valence-electron chi connectivity index (χ3n) is 2.34. The molecule has 106 valence electrons. The molecule has 0 aliphatic heterocycles. The van der Waals surface area contributed by atoms with Crippen LogP contribution in [-0.2, 0) is 9.47 Å². The molecule has 1 atom stereocenters. The zero-order valence-corrected chi connectivity index (χ0v) is 12.4. The maximum absolute atomic E-state index is 12.0. The van der Waals surface area contributed by atoms with Gasteiger partial charge in [0.15, 0.2) is 5.69 Å². The van der Waals surface area contributed by atoms with Crippen molar-refractivity contribution in [1.29, 1.82) is 0 Å². The molecule has 0 aliphatic carbocycles. The third-order valence-corrected chi connectivity index (χ3v) is 2.61. The Morgan fingerprint density at radius 2 is 2.11 bits per heavy atom. The number of nitrogens with zero attached hydrogens (tertiary/aromatic N) is 2. The van der Waals surface area contributed by atoms with Crippen molar-refractivity contribution in [3.63, 3.8) is 0 Å². The van der Waals surface area contributed by atoms with Gasteiger partial charge in [-0.05, 0) is 13.8 Å². The van der Waals surface area contributed by atoms with E-state index in [4.69, 9.17) is 21.1 Å². The highest BCUT2D eigenvalue weighted by Gasteiger charge is 2.19. The number of halogens is 1. The van der Waals surface area contributed by atoms with E-state index in [1.54, 1.807) is 6.92 Å². The maximum atomic E-state index is 12.0. The van der Waals surface area contributed by atoms with Crippen LogP contribution in [0.25, 0.3) is 0 Å². The molecule has 0 N–H and O–H groups in total. The molecule has 0 aromatic carbocycles. The fourth-order valence-electron chi connectivity index (χ4n) is 1.36. The van der Waals surface area contributed by atoms with Crippen molar-refractivity contribution in [2.24, 2.45) is 0 Å². The minimum absolute atomic E-state index is 0.101. The van der Waals surface area contributed by atoms with Gasteiger partial charge < -0.3 is 9.47 Å². The minimum atomic E-state index is -0.554. The molecule has 1 rings (SSSR count). The second-order valence-electron chi connectivity index (χ2n) is 4.45. The topological polar surface area (TPSA) is 61.3 Å². The van der Waals surface area contributed by atoms with Crippen LogP contribution in [-0.4, -0.2) is 35.3 Å². The summed E-state index contributed by atoms with van der Waals surface area (Å²) >= 11 is 5.93. The van der Waals surface area contributed by atoms with Gasteiger partial charge in [0.05, 0.1) is 17.8 Å². The van der Waals surface area contributed by atoms with Gasteiger partial charge >= 0.3 is 5.97 Å². The summed E-state index contributed by atoms with van der Waals surface area (Å²) in [4.78, 5) is 20.2. The maximum Gasteiger partial charge on any atom is 0.358 e. The first-order valence-corrected chi connectivity index (χ1v) is 6.64. The molecule has 1 aromatic rings. The number of carbonyl (C=O) groups excluding carboxylic acids is 1. The van der Waals surface area contributed by atoms with E-state index >= 15 is 0 Å². The summed E-state index contributed by atoms with van der Waals surface area (Å²) in [5, 5.41) is 0.193. The highest BCUT2D eigenvalue weighted by atomic mass is 35.5. The van der Waals surface area contributed by atoms with Gasteiger partial charge in [-0.25, -0.2) is 14.8 Å². The molecule has 0 saturated heterocycles. The van der Waals surface area contributed by atoms with Crippen LogP contribution in [0.5, 0.6) is 0 Å². The number of aromatic nitrogens is 2. The van der Waals surface area contributed by atoms with E-state index in [0.717, 1.165) is 0 Å². The van der Waals surface area contributed by atoms with Gasteiger partial charge in [-0.1, -0.05) is 25.4 Å². The highest BCUT2D eigenvalue weighted by molar-refractivity contribution is 6.33. The average Bonchev–Trinajstić information content (AvgIpc) is 2.36. The normalized spacial score (nSPS) is 12.5. The molecule has 0 bridgehead atoms. The fraction of sp³-hybridized carbons (Fsp3) is 0.615. The van der Waals surface area contributed by atoms with Crippen molar-refractivity contribution in [3.8, 4) is 0 Å². The number of ether oxygens (including phenoxy) is 2. The molecule has 0 amide bonds. The van der Waals surface area contributed by atoms with Crippen LogP contribution in [0.2, 0.25) is 5.02 Å². The molecule has 19 heavy (non-hydrogen) atoms. The van der Waals surface area contributed by atoms with Gasteiger partial charge in [-0.3, -0.25) is 0 Å². The first-order valence-electron chi connectivity index (χ1n) is 6.26. The van der Waals surface area contributed by atoms with Crippen molar-refractivity contribution in [2.75, 3.05) is 13.2 Å². The smallest absolute Gasteiger partial charge is 0.358 e. The molecule has 6 heteroatoms. The zero-order chi connectivity index (χ0) is 14.4. The number of rotatable bonds is 6. The quantitative estimate of drug-likeness (QED) is 0.753. The van der Waals surface area contributed by atoms with Crippen LogP contribution in [0.1, 0.15) is 49.9 Å². The second kappa shape index (κ2) is 7.40. The van der Waals surface area contributed by atoms with Crippen LogP contribution in [0, 0.1) is 0 Å². The Kier molecular flexibility index (Phi) is 6.18. The van der Waals surface area contributed by atoms with Gasteiger partial charge in [-0.15, -0.1) is 0 Å². The van der Waals surface area contributed by atoms with Gasteiger partial charge in [-0.2, -0.15) is 0 Å². The van der Waals surface area contributed by atoms with Crippen LogP contribution in [0.4, 0.5) is 0 Å². The molecule has 0 saturated carbocycles. The summed E-state index contributed by atoms with van der Waals surface area (Å²) in [6.07, 6.45) is 1.08. The zero-order valence-electron chi connectivity index (χ0n) is 11.6. The van der Waals surface area contributed by atoms with E-state index in [1.165, 1.54) is 6.20 Å². The summed E-state index contributed by atoms with van der Waals surface area (Å²) in [6.45, 7) is 8.44. The first-order chi connectivity index (χ1) is 8.95. The second-order valence-corrected chi connectivity index (χ2v) is 4.86. The van der Waals surface area contributed by atoms with Gasteiger partial charge in [0.25, 0.3) is 0 Å². The Morgan fingerprint density at radius 1 is 1.42 bits per heavy atom. The lowest BCUT2D eigenvalue weighted by molar-refractivity contribution is 0.00384. The summed E-state index contributed by atoms with van der Waals surface area (Å²) in [5.41, 5.74) is 0.101. The van der Waals surface area contributed by atoms with Crippen LogP contribution in [0.15, 0.2) is 6.20 Å². The Labute approximate surface area is 118 Å². The summed E-state index contributed by atoms with van der Waals surface area (Å²) < 4.78 is 10.4. The Hall–Kier alpha value is -1.20. The highest BCUT2D eigenvalue weighted by Crippen LogP contribution is 2.17. The molecular formula is C13H19ClN2O3. The predicted octanol–water partition coefficient (Wildman–Crippen LogP) is 2.84. The molecule has 0 spiro atoms. The number of hydrogen-bond acceptors (Lipinski definition) is 5. The van der Waals surface area contributed by atoms with Gasteiger partial charge in [0.2, 0.25) is 0 Å². The molecule has 0 radical (unpaired) electrons. The molecule has 0 fully saturated rings. The van der Waals surface area contributed by atoms with Crippen LogP contribution < -0.4 is 0 Å². The fourth-order valence-corrected chi connectivity index (χ4v) is 1.53. The summed E-state index contributed by atoms with van der Waals surface area (Å²) in [6, 6.07) is 0. The molecule has 5 nitrogen and oxygen atoms in total. The summed E-state index contributed by atoms with van der Waals surface area (Å²) in [5.74, 6) is 0.125. The van der Waals surface area contributed by atoms with E-state index in [2.05, 4.69) is 9.97 Å². The standard InChI is InChI=1S/C13H19ClN2O3/c1-5-18-7-9(4)19-13(17)11-10(14)6-15-12(16-11)8(2)3/h6,8-9H,5,7H2,1-4H3. The van der Waals surface area contributed by atoms with E-state index in [-0.39, 0.29) is 22.7 Å². The first kappa shape index (κ1) is 15.9. The largest absolute Gasteiger partial charge is 0.455 e. The Bertz CT molecular complexity index is 438. The van der Waals surface area contributed by atoms with E-state index < -0.39 is 5.97 Å².